The van der Waals surface area contributed by atoms with Gasteiger partial charge in [-0.15, -0.1) is 0 Å². The predicted molar refractivity (Wildman–Crippen MR) is 90.5 cm³/mol. The van der Waals surface area contributed by atoms with Crippen molar-refractivity contribution in [1.82, 2.24) is 0 Å². The van der Waals surface area contributed by atoms with Crippen molar-refractivity contribution in [1.29, 1.82) is 0 Å². The van der Waals surface area contributed by atoms with Crippen LogP contribution in [0.15, 0.2) is 60.7 Å². The summed E-state index contributed by atoms with van der Waals surface area (Å²) in [6.07, 6.45) is 1.12. The molecule has 0 fully saturated rings. The van der Waals surface area contributed by atoms with E-state index < -0.39 is 14.7 Å². The monoisotopic (exact) mass is 330 g/mol. The van der Waals surface area contributed by atoms with Gasteiger partial charge in [0, 0.05) is 0 Å². The van der Waals surface area contributed by atoms with Crippen LogP contribution < -0.4 is 13.1 Å². The Bertz CT molecular complexity index is 892. The molecular weight excluding hydrogens is 315 g/mol. The third-order valence-electron chi connectivity index (χ3n) is 4.78. The summed E-state index contributed by atoms with van der Waals surface area (Å²) in [5.74, 6) is 0. The first-order valence-corrected chi connectivity index (χ1v) is 10.3. The zero-order valence-corrected chi connectivity index (χ0v) is 13.8. The Hall–Kier alpha value is -1.78. The van der Waals surface area contributed by atoms with Gasteiger partial charge in [-0.05, 0) is 0 Å². The molecule has 0 aromatic heterocycles. The summed E-state index contributed by atoms with van der Waals surface area (Å²) in [5, 5.41) is 0. The molecule has 0 bridgehead atoms. The molecule has 2 heterocycles. The van der Waals surface area contributed by atoms with E-state index in [2.05, 4.69) is 67.6 Å². The zero-order valence-electron chi connectivity index (χ0n) is 11.9. The molecule has 100 valence electrons. The second-order valence-corrected chi connectivity index (χ2v) is 10.3. The molecule has 0 amide bonds. The van der Waals surface area contributed by atoms with Crippen molar-refractivity contribution in [3.8, 4) is 11.1 Å². The van der Waals surface area contributed by atoms with Crippen LogP contribution in [0, 0.1) is 6.92 Å². The Morgan fingerprint density at radius 2 is 1.52 bits per heavy atom. The van der Waals surface area contributed by atoms with E-state index in [0.717, 1.165) is 6.42 Å². The van der Waals surface area contributed by atoms with E-state index in [1.807, 2.05) is 0 Å². The third-order valence-corrected chi connectivity index (χ3v) is 10.5. The number of hydrogen-bond donors (Lipinski definition) is 0. The minimum absolute atomic E-state index is 1.12. The summed E-state index contributed by atoms with van der Waals surface area (Å²) >= 11 is -1.32. The number of rotatable bonds is 0. The van der Waals surface area contributed by atoms with Gasteiger partial charge in [0.2, 0.25) is 0 Å². The molecular formula is C20H15As. The molecule has 3 aromatic carbocycles. The van der Waals surface area contributed by atoms with E-state index in [4.69, 9.17) is 0 Å². The normalized spacial score (nSPS) is 17.1. The average Bonchev–Trinajstić information content (AvgIpc) is 2.87. The van der Waals surface area contributed by atoms with Gasteiger partial charge in [0.1, 0.15) is 0 Å². The van der Waals surface area contributed by atoms with Crippen molar-refractivity contribution in [3.05, 3.63) is 77.4 Å². The zero-order chi connectivity index (χ0) is 14.0. The third kappa shape index (κ3) is 1.46. The number of aryl methyl sites for hydroxylation is 1. The molecule has 3 aromatic rings. The van der Waals surface area contributed by atoms with Crippen molar-refractivity contribution in [2.24, 2.45) is 0 Å². The maximum absolute atomic E-state index is 2.38. The van der Waals surface area contributed by atoms with Crippen LogP contribution >= 0.6 is 0 Å². The summed E-state index contributed by atoms with van der Waals surface area (Å²) in [5.41, 5.74) is 7.64. The standard InChI is InChI=1S/C20H15As/c1-13-10-11-16-15-7-3-5-9-19(15)21-18-8-4-2-6-14(18)12-17(13)20(16)21/h2-11H,12H2,1H3. The number of hydrogen-bond acceptors (Lipinski definition) is 0. The van der Waals surface area contributed by atoms with Gasteiger partial charge in [0.15, 0.2) is 0 Å². The van der Waals surface area contributed by atoms with Crippen molar-refractivity contribution < 1.29 is 0 Å². The fourth-order valence-corrected chi connectivity index (χ4v) is 10.2. The van der Waals surface area contributed by atoms with Crippen molar-refractivity contribution >= 4 is 27.7 Å². The van der Waals surface area contributed by atoms with Gasteiger partial charge in [-0.1, -0.05) is 0 Å². The Labute approximate surface area is 129 Å². The van der Waals surface area contributed by atoms with Gasteiger partial charge in [-0.3, -0.25) is 0 Å². The van der Waals surface area contributed by atoms with Gasteiger partial charge in [0.25, 0.3) is 0 Å². The minimum atomic E-state index is -1.32. The summed E-state index contributed by atoms with van der Waals surface area (Å²) < 4.78 is 4.98. The molecule has 1 atom stereocenters. The van der Waals surface area contributed by atoms with Gasteiger partial charge in [-0.2, -0.15) is 0 Å². The topological polar surface area (TPSA) is 0 Å². The molecule has 2 aliphatic heterocycles. The molecule has 0 spiro atoms. The van der Waals surface area contributed by atoms with E-state index in [1.54, 1.807) is 24.2 Å². The summed E-state index contributed by atoms with van der Waals surface area (Å²) in [6.45, 7) is 2.28. The van der Waals surface area contributed by atoms with Crippen molar-refractivity contribution in [3.63, 3.8) is 0 Å². The van der Waals surface area contributed by atoms with E-state index in [-0.39, 0.29) is 0 Å². The predicted octanol–water partition coefficient (Wildman–Crippen LogP) is 2.40. The van der Waals surface area contributed by atoms with Crippen LogP contribution in [0.4, 0.5) is 0 Å². The fourth-order valence-electron chi connectivity index (χ4n) is 3.77. The van der Waals surface area contributed by atoms with Crippen LogP contribution in [0.5, 0.6) is 0 Å². The van der Waals surface area contributed by atoms with Crippen LogP contribution in [-0.4, -0.2) is 14.7 Å². The molecule has 0 radical (unpaired) electrons. The van der Waals surface area contributed by atoms with Gasteiger partial charge in [0.05, 0.1) is 0 Å². The Morgan fingerprint density at radius 3 is 2.43 bits per heavy atom. The second-order valence-electron chi connectivity index (χ2n) is 5.92. The average molecular weight is 330 g/mol. The molecule has 0 nitrogen and oxygen atoms in total. The van der Waals surface area contributed by atoms with Gasteiger partial charge in [-0.25, -0.2) is 0 Å². The maximum atomic E-state index is 2.38. The molecule has 0 saturated heterocycles. The summed E-state index contributed by atoms with van der Waals surface area (Å²) in [4.78, 5) is 0. The first-order chi connectivity index (χ1) is 10.3. The van der Waals surface area contributed by atoms with Crippen LogP contribution in [0.2, 0.25) is 0 Å². The van der Waals surface area contributed by atoms with E-state index in [1.165, 1.54) is 16.7 Å². The molecule has 2 aliphatic rings. The van der Waals surface area contributed by atoms with Crippen LogP contribution in [0.3, 0.4) is 0 Å². The first-order valence-electron chi connectivity index (χ1n) is 7.44. The van der Waals surface area contributed by atoms with E-state index in [0.29, 0.717) is 0 Å². The van der Waals surface area contributed by atoms with Crippen LogP contribution in [-0.2, 0) is 6.42 Å². The number of benzene rings is 3. The molecule has 0 saturated carbocycles. The van der Waals surface area contributed by atoms with E-state index in [9.17, 15) is 0 Å². The molecule has 1 unspecified atom stereocenters. The molecule has 1 heteroatoms. The van der Waals surface area contributed by atoms with Gasteiger partial charge < -0.3 is 0 Å². The Morgan fingerprint density at radius 1 is 0.762 bits per heavy atom. The molecule has 21 heavy (non-hydrogen) atoms. The first kappa shape index (κ1) is 11.8. The van der Waals surface area contributed by atoms with Crippen molar-refractivity contribution in [2.45, 2.75) is 13.3 Å². The fraction of sp³-hybridized carbons (Fsp3) is 0.100. The summed E-state index contributed by atoms with van der Waals surface area (Å²) in [6, 6.07) is 22.9. The van der Waals surface area contributed by atoms with Crippen LogP contribution in [0.1, 0.15) is 16.7 Å². The quantitative estimate of drug-likeness (QED) is 0.383. The molecule has 5 rings (SSSR count). The Balaban J connectivity index is 1.94. The summed E-state index contributed by atoms with van der Waals surface area (Å²) in [7, 11) is 0. The Kier molecular flexibility index (Phi) is 2.32. The van der Waals surface area contributed by atoms with Gasteiger partial charge >= 0.3 is 130 Å². The number of fused-ring (bicyclic) bond motifs is 5. The molecule has 0 aliphatic carbocycles. The van der Waals surface area contributed by atoms with Crippen LogP contribution in [0.25, 0.3) is 11.1 Å². The van der Waals surface area contributed by atoms with E-state index >= 15 is 0 Å². The van der Waals surface area contributed by atoms with Crippen molar-refractivity contribution in [2.75, 3.05) is 0 Å². The SMILES string of the molecule is Cc1ccc2c3c1Cc1ccccc1[As]3c1ccccc1-2. The molecule has 0 N–H and O–H groups in total. The second kappa shape index (κ2) is 4.12.